The summed E-state index contributed by atoms with van der Waals surface area (Å²) in [5, 5.41) is 3.64. The molecule has 0 aliphatic rings. The molecule has 0 radical (unpaired) electrons. The van der Waals surface area contributed by atoms with Crippen LogP contribution in [0.1, 0.15) is 40.5 Å². The molecular formula is C13H30N2O. The maximum atomic E-state index is 5.92. The minimum absolute atomic E-state index is 0.0721. The van der Waals surface area contributed by atoms with E-state index in [-0.39, 0.29) is 5.54 Å². The second kappa shape index (κ2) is 8.04. The third-order valence-corrected chi connectivity index (χ3v) is 3.77. The number of methoxy groups -OCH3 is 1. The van der Waals surface area contributed by atoms with Crippen molar-refractivity contribution >= 4 is 0 Å². The Morgan fingerprint density at radius 3 is 2.12 bits per heavy atom. The summed E-state index contributed by atoms with van der Waals surface area (Å²) in [6.07, 6.45) is 2.43. The smallest absolute Gasteiger partial charge is 0.0659 e. The Hall–Kier alpha value is -0.120. The average Bonchev–Trinajstić information content (AvgIpc) is 2.28. The maximum Gasteiger partial charge on any atom is 0.0659 e. The van der Waals surface area contributed by atoms with Gasteiger partial charge in [-0.1, -0.05) is 40.5 Å². The summed E-state index contributed by atoms with van der Waals surface area (Å²) in [6, 6.07) is 0. The highest BCUT2D eigenvalue weighted by Gasteiger charge is 2.32. The van der Waals surface area contributed by atoms with Crippen molar-refractivity contribution in [2.75, 3.05) is 26.8 Å². The lowest BCUT2D eigenvalue weighted by atomic mass is 9.86. The fourth-order valence-corrected chi connectivity index (χ4v) is 1.97. The highest BCUT2D eigenvalue weighted by molar-refractivity contribution is 4.92. The number of nitrogens with one attached hydrogen (secondary N) is 1. The highest BCUT2D eigenvalue weighted by atomic mass is 16.5. The number of rotatable bonds is 9. The van der Waals surface area contributed by atoms with Gasteiger partial charge in [0.25, 0.3) is 0 Å². The Bertz CT molecular complexity index is 169. The molecule has 0 bridgehead atoms. The first kappa shape index (κ1) is 15.9. The molecule has 1 unspecified atom stereocenters. The van der Waals surface area contributed by atoms with Crippen molar-refractivity contribution in [3.63, 3.8) is 0 Å². The van der Waals surface area contributed by atoms with Gasteiger partial charge in [-0.05, 0) is 18.4 Å². The molecule has 0 saturated carbocycles. The summed E-state index contributed by atoms with van der Waals surface area (Å²) >= 11 is 0. The van der Waals surface area contributed by atoms with Gasteiger partial charge in [0, 0.05) is 13.7 Å². The second-order valence-corrected chi connectivity index (χ2v) is 5.01. The van der Waals surface area contributed by atoms with Crippen molar-refractivity contribution in [2.24, 2.45) is 17.6 Å². The highest BCUT2D eigenvalue weighted by Crippen LogP contribution is 2.18. The zero-order valence-electron chi connectivity index (χ0n) is 11.7. The molecule has 0 aliphatic heterocycles. The Labute approximate surface area is 101 Å². The van der Waals surface area contributed by atoms with Crippen LogP contribution in [0.25, 0.3) is 0 Å². The van der Waals surface area contributed by atoms with Crippen molar-refractivity contribution in [1.29, 1.82) is 0 Å². The molecular weight excluding hydrogens is 200 g/mol. The van der Waals surface area contributed by atoms with Gasteiger partial charge in [-0.15, -0.1) is 0 Å². The van der Waals surface area contributed by atoms with E-state index in [1.165, 1.54) is 12.8 Å². The molecule has 1 atom stereocenters. The Kier molecular flexibility index (Phi) is 7.98. The largest absolute Gasteiger partial charge is 0.383 e. The van der Waals surface area contributed by atoms with Crippen LogP contribution in [0, 0.1) is 11.8 Å². The summed E-state index contributed by atoms with van der Waals surface area (Å²) < 4.78 is 5.32. The second-order valence-electron chi connectivity index (χ2n) is 5.01. The minimum Gasteiger partial charge on any atom is -0.383 e. The molecule has 3 N–H and O–H groups in total. The van der Waals surface area contributed by atoms with Gasteiger partial charge in [-0.25, -0.2) is 0 Å². The van der Waals surface area contributed by atoms with Crippen LogP contribution in [0.5, 0.6) is 0 Å². The summed E-state index contributed by atoms with van der Waals surface area (Å²) in [5.74, 6) is 1.22. The van der Waals surface area contributed by atoms with Crippen molar-refractivity contribution in [1.82, 2.24) is 5.32 Å². The summed E-state index contributed by atoms with van der Waals surface area (Å²) in [4.78, 5) is 0. The lowest BCUT2D eigenvalue weighted by Gasteiger charge is -2.38. The molecule has 98 valence electrons. The summed E-state index contributed by atoms with van der Waals surface area (Å²) in [7, 11) is 1.74. The molecule has 3 heteroatoms. The topological polar surface area (TPSA) is 47.3 Å². The molecule has 3 nitrogen and oxygen atoms in total. The van der Waals surface area contributed by atoms with Crippen molar-refractivity contribution in [3.8, 4) is 0 Å². The van der Waals surface area contributed by atoms with Crippen LogP contribution in [0.4, 0.5) is 0 Å². The van der Waals surface area contributed by atoms with E-state index in [4.69, 9.17) is 10.5 Å². The molecule has 0 aromatic heterocycles. The van der Waals surface area contributed by atoms with E-state index in [0.717, 1.165) is 12.5 Å². The minimum atomic E-state index is -0.0721. The molecule has 0 fully saturated rings. The first-order valence-electron chi connectivity index (χ1n) is 6.50. The van der Waals surface area contributed by atoms with E-state index in [1.54, 1.807) is 7.11 Å². The van der Waals surface area contributed by atoms with E-state index in [9.17, 15) is 0 Å². The number of hydrogen-bond donors (Lipinski definition) is 2. The van der Waals surface area contributed by atoms with Gasteiger partial charge in [-0.2, -0.15) is 0 Å². The molecule has 0 rings (SSSR count). The lowest BCUT2D eigenvalue weighted by molar-refractivity contribution is 0.0795. The van der Waals surface area contributed by atoms with Crippen molar-refractivity contribution in [2.45, 2.75) is 46.1 Å². The van der Waals surface area contributed by atoms with E-state index in [2.05, 4.69) is 33.0 Å². The lowest BCUT2D eigenvalue weighted by Crippen LogP contribution is -2.59. The SMILES string of the molecule is CCC(CC)CNC(CN)(COC)C(C)C. The van der Waals surface area contributed by atoms with Crippen LogP contribution >= 0.6 is 0 Å². The Morgan fingerprint density at radius 1 is 1.25 bits per heavy atom. The number of nitrogens with two attached hydrogens (primary N) is 1. The van der Waals surface area contributed by atoms with Crippen LogP contribution in [0.2, 0.25) is 0 Å². The monoisotopic (exact) mass is 230 g/mol. The Morgan fingerprint density at radius 2 is 1.81 bits per heavy atom. The average molecular weight is 230 g/mol. The van der Waals surface area contributed by atoms with Gasteiger partial charge < -0.3 is 15.8 Å². The van der Waals surface area contributed by atoms with Crippen LogP contribution < -0.4 is 11.1 Å². The van der Waals surface area contributed by atoms with Gasteiger partial charge >= 0.3 is 0 Å². The molecule has 0 spiro atoms. The zero-order chi connectivity index (χ0) is 12.6. The molecule has 0 amide bonds. The first-order chi connectivity index (χ1) is 7.56. The molecule has 16 heavy (non-hydrogen) atoms. The third kappa shape index (κ3) is 4.40. The van der Waals surface area contributed by atoms with Gasteiger partial charge in [-0.3, -0.25) is 0 Å². The van der Waals surface area contributed by atoms with Crippen LogP contribution in [0.15, 0.2) is 0 Å². The molecule has 0 saturated heterocycles. The number of hydrogen-bond acceptors (Lipinski definition) is 3. The molecule has 0 aliphatic carbocycles. The van der Waals surface area contributed by atoms with E-state index < -0.39 is 0 Å². The van der Waals surface area contributed by atoms with Crippen molar-refractivity contribution < 1.29 is 4.74 Å². The van der Waals surface area contributed by atoms with E-state index >= 15 is 0 Å². The molecule has 0 aromatic rings. The van der Waals surface area contributed by atoms with Gasteiger partial charge in [0.1, 0.15) is 0 Å². The fourth-order valence-electron chi connectivity index (χ4n) is 1.97. The first-order valence-corrected chi connectivity index (χ1v) is 6.50. The van der Waals surface area contributed by atoms with Crippen LogP contribution in [-0.2, 0) is 4.74 Å². The van der Waals surface area contributed by atoms with Gasteiger partial charge in [0.05, 0.1) is 12.1 Å². The standard InChI is InChI=1S/C13H30N2O/c1-6-12(7-2)8-15-13(9-14,10-16-5)11(3)4/h11-12,15H,6-10,14H2,1-5H3. The van der Waals surface area contributed by atoms with Gasteiger partial charge in [0.2, 0.25) is 0 Å². The van der Waals surface area contributed by atoms with E-state index in [0.29, 0.717) is 19.1 Å². The van der Waals surface area contributed by atoms with Crippen molar-refractivity contribution in [3.05, 3.63) is 0 Å². The van der Waals surface area contributed by atoms with Gasteiger partial charge in [0.15, 0.2) is 0 Å². The predicted octanol–water partition coefficient (Wildman–Crippen LogP) is 2.01. The van der Waals surface area contributed by atoms with E-state index in [1.807, 2.05) is 0 Å². The quantitative estimate of drug-likeness (QED) is 0.637. The predicted molar refractivity (Wildman–Crippen MR) is 70.6 cm³/mol. The van der Waals surface area contributed by atoms with Crippen LogP contribution in [0.3, 0.4) is 0 Å². The normalized spacial score (nSPS) is 15.8. The fraction of sp³-hybridized carbons (Fsp3) is 1.00. The zero-order valence-corrected chi connectivity index (χ0v) is 11.7. The molecule has 0 heterocycles. The molecule has 0 aromatic carbocycles. The third-order valence-electron chi connectivity index (χ3n) is 3.77. The van der Waals surface area contributed by atoms with Crippen LogP contribution in [-0.4, -0.2) is 32.3 Å². The number of ether oxygens (including phenoxy) is 1. The summed E-state index contributed by atoms with van der Waals surface area (Å²) in [6.45, 7) is 11.2. The maximum absolute atomic E-state index is 5.92. The Balaban J connectivity index is 4.40. The summed E-state index contributed by atoms with van der Waals surface area (Å²) in [5.41, 5.74) is 5.85.